The molecule has 2 aliphatic rings. The van der Waals surface area contributed by atoms with Crippen molar-refractivity contribution < 1.29 is 18.4 Å². The molecule has 3 amide bonds. The molecule has 1 aliphatic heterocycles. The fourth-order valence-electron chi connectivity index (χ4n) is 4.02. The summed E-state index contributed by atoms with van der Waals surface area (Å²) < 4.78 is 27.6. The number of nitrogens with two attached hydrogens (primary N) is 1. The van der Waals surface area contributed by atoms with Crippen LogP contribution >= 0.6 is 11.6 Å². The first kappa shape index (κ1) is 20.6. The zero-order chi connectivity index (χ0) is 21.6. The second-order valence-electron chi connectivity index (χ2n) is 7.96. The molecule has 0 radical (unpaired) electrons. The Kier molecular flexibility index (Phi) is 5.17. The number of aromatic nitrogens is 2. The van der Waals surface area contributed by atoms with Crippen LogP contribution in [0.3, 0.4) is 0 Å². The summed E-state index contributed by atoms with van der Waals surface area (Å²) in [5, 5.41) is 7.87. The van der Waals surface area contributed by atoms with Gasteiger partial charge in [0.25, 0.3) is 5.91 Å². The second-order valence-corrected chi connectivity index (χ2v) is 8.37. The van der Waals surface area contributed by atoms with Crippen LogP contribution in [0, 0.1) is 12.8 Å². The summed E-state index contributed by atoms with van der Waals surface area (Å²) in [6, 6.07) is 4.99. The van der Waals surface area contributed by atoms with E-state index < -0.39 is 11.8 Å². The van der Waals surface area contributed by atoms with Crippen LogP contribution < -0.4 is 11.1 Å². The van der Waals surface area contributed by atoms with Crippen molar-refractivity contribution in [1.82, 2.24) is 20.0 Å². The number of carbonyl (C=O) groups excluding carboxylic acids is 2. The summed E-state index contributed by atoms with van der Waals surface area (Å²) in [6.07, 6.45) is -0.397. The molecule has 0 bridgehead atoms. The number of urea groups is 1. The monoisotopic (exact) mass is 437 g/mol. The van der Waals surface area contributed by atoms with Crippen molar-refractivity contribution >= 4 is 23.5 Å². The van der Waals surface area contributed by atoms with Gasteiger partial charge in [-0.25, -0.2) is 13.6 Å². The number of alkyl halides is 2. The molecule has 1 fully saturated rings. The average Bonchev–Trinajstić information content (AvgIpc) is 3.05. The minimum Gasteiger partial charge on any atom is -0.365 e. The lowest BCUT2D eigenvalue weighted by atomic mass is 9.81. The number of hydrogen-bond donors (Lipinski definition) is 2. The zero-order valence-corrected chi connectivity index (χ0v) is 17.2. The fraction of sp³-hybridized carbons (Fsp3) is 0.450. The Morgan fingerprint density at radius 2 is 2.07 bits per heavy atom. The molecule has 0 spiro atoms. The Balaban J connectivity index is 1.52. The number of benzene rings is 1. The lowest BCUT2D eigenvalue weighted by molar-refractivity contribution is -0.108. The van der Waals surface area contributed by atoms with Crippen molar-refractivity contribution in [2.45, 2.75) is 38.8 Å². The number of aryl methyl sites for hydroxylation is 1. The highest BCUT2D eigenvalue weighted by atomic mass is 35.5. The summed E-state index contributed by atoms with van der Waals surface area (Å²) in [6.45, 7) is 3.01. The van der Waals surface area contributed by atoms with E-state index in [1.165, 1.54) is 4.90 Å². The van der Waals surface area contributed by atoms with Crippen molar-refractivity contribution in [3.05, 3.63) is 40.0 Å². The number of nitrogens with one attached hydrogen (secondary N) is 1. The molecule has 1 saturated carbocycles. The van der Waals surface area contributed by atoms with Gasteiger partial charge in [0.05, 0.1) is 24.3 Å². The maximum Gasteiger partial charge on any atom is 0.317 e. The van der Waals surface area contributed by atoms with E-state index in [9.17, 15) is 18.4 Å². The van der Waals surface area contributed by atoms with Gasteiger partial charge in [0, 0.05) is 36.5 Å². The minimum atomic E-state index is -2.61. The molecule has 2 heterocycles. The summed E-state index contributed by atoms with van der Waals surface area (Å²) >= 11 is 6.10. The van der Waals surface area contributed by atoms with Gasteiger partial charge < -0.3 is 16.0 Å². The molecule has 160 valence electrons. The first-order valence-electron chi connectivity index (χ1n) is 9.71. The molecule has 0 unspecified atom stereocenters. The number of hydrogen-bond acceptors (Lipinski definition) is 3. The highest BCUT2D eigenvalue weighted by molar-refractivity contribution is 6.31. The van der Waals surface area contributed by atoms with Gasteiger partial charge in [-0.05, 0) is 30.5 Å². The van der Waals surface area contributed by atoms with Crippen molar-refractivity contribution in [3.63, 3.8) is 0 Å². The van der Waals surface area contributed by atoms with Gasteiger partial charge in [-0.2, -0.15) is 5.10 Å². The molecule has 0 saturated heterocycles. The Hall–Kier alpha value is -2.68. The summed E-state index contributed by atoms with van der Waals surface area (Å²) in [5.74, 6) is -3.45. The standard InChI is InChI=1S/C20H22ClF2N5O2/c1-11-6-13(2-3-14(11)21)17-16(18(24)29)15-10-27(4-5-28(15)26-17)19(30)25-9-12-7-20(22,23)8-12/h2-3,6,12H,4-5,7-10H2,1H3,(H2,24,29)(H,25,30). The van der Waals surface area contributed by atoms with E-state index in [1.54, 1.807) is 16.8 Å². The molecule has 2 aromatic rings. The third-order valence-corrected chi connectivity index (χ3v) is 6.09. The molecule has 30 heavy (non-hydrogen) atoms. The van der Waals surface area contributed by atoms with Gasteiger partial charge in [0.15, 0.2) is 0 Å². The quantitative estimate of drug-likeness (QED) is 0.769. The number of halogens is 3. The van der Waals surface area contributed by atoms with Crippen molar-refractivity contribution in [1.29, 1.82) is 0 Å². The predicted octanol–water partition coefficient (Wildman–Crippen LogP) is 3.18. The summed E-state index contributed by atoms with van der Waals surface area (Å²) in [7, 11) is 0. The van der Waals surface area contributed by atoms with Gasteiger partial charge in [-0.15, -0.1) is 0 Å². The first-order chi connectivity index (χ1) is 14.1. The highest BCUT2D eigenvalue weighted by Gasteiger charge is 2.45. The maximum atomic E-state index is 13.0. The molecule has 0 atom stereocenters. The fourth-order valence-corrected chi connectivity index (χ4v) is 4.13. The molecule has 4 rings (SSSR count). The predicted molar refractivity (Wildman–Crippen MR) is 107 cm³/mol. The topological polar surface area (TPSA) is 93.2 Å². The molecule has 1 aliphatic carbocycles. The van der Waals surface area contributed by atoms with E-state index >= 15 is 0 Å². The lowest BCUT2D eigenvalue weighted by Gasteiger charge is -2.35. The number of rotatable bonds is 4. The molecular weight excluding hydrogens is 416 g/mol. The number of primary amides is 1. The Morgan fingerprint density at radius 3 is 2.70 bits per heavy atom. The van der Waals surface area contributed by atoms with E-state index in [-0.39, 0.29) is 43.4 Å². The third-order valence-electron chi connectivity index (χ3n) is 5.66. The van der Waals surface area contributed by atoms with Gasteiger partial charge >= 0.3 is 6.03 Å². The number of nitrogens with zero attached hydrogens (tertiary/aromatic N) is 3. The lowest BCUT2D eigenvalue weighted by Crippen LogP contribution is -2.48. The molecule has 3 N–H and O–H groups in total. The average molecular weight is 438 g/mol. The van der Waals surface area contributed by atoms with Gasteiger partial charge in [-0.1, -0.05) is 17.7 Å². The smallest absolute Gasteiger partial charge is 0.317 e. The van der Waals surface area contributed by atoms with Crippen LogP contribution in [-0.2, 0) is 13.1 Å². The maximum absolute atomic E-state index is 13.0. The number of carbonyl (C=O) groups is 2. The van der Waals surface area contributed by atoms with Crippen molar-refractivity contribution in [2.24, 2.45) is 11.7 Å². The van der Waals surface area contributed by atoms with Crippen LogP contribution in [0.5, 0.6) is 0 Å². The summed E-state index contributed by atoms with van der Waals surface area (Å²) in [4.78, 5) is 26.3. The van der Waals surface area contributed by atoms with Gasteiger partial charge in [0.1, 0.15) is 5.69 Å². The van der Waals surface area contributed by atoms with Gasteiger partial charge in [-0.3, -0.25) is 9.48 Å². The van der Waals surface area contributed by atoms with E-state index in [4.69, 9.17) is 17.3 Å². The van der Waals surface area contributed by atoms with Crippen LogP contribution in [0.2, 0.25) is 5.02 Å². The van der Waals surface area contributed by atoms with Crippen LogP contribution in [0.15, 0.2) is 18.2 Å². The van der Waals surface area contributed by atoms with Crippen LogP contribution in [0.1, 0.15) is 34.5 Å². The van der Waals surface area contributed by atoms with Crippen molar-refractivity contribution in [3.8, 4) is 11.3 Å². The van der Waals surface area contributed by atoms with Crippen molar-refractivity contribution in [2.75, 3.05) is 13.1 Å². The molecule has 1 aromatic heterocycles. The van der Waals surface area contributed by atoms with Crippen LogP contribution in [0.25, 0.3) is 11.3 Å². The number of amides is 3. The van der Waals surface area contributed by atoms with E-state index in [0.717, 1.165) is 11.1 Å². The Labute approximate surface area is 177 Å². The van der Waals surface area contributed by atoms with Crippen LogP contribution in [0.4, 0.5) is 13.6 Å². The highest BCUT2D eigenvalue weighted by Crippen LogP contribution is 2.41. The summed E-state index contributed by atoms with van der Waals surface area (Å²) in [5.41, 5.74) is 8.50. The Bertz CT molecular complexity index is 1010. The minimum absolute atomic E-state index is 0.157. The van der Waals surface area contributed by atoms with E-state index in [2.05, 4.69) is 10.4 Å². The SMILES string of the molecule is Cc1cc(-c2nn3c(c2C(N)=O)CN(C(=O)NCC2CC(F)(F)C2)CC3)ccc1Cl. The Morgan fingerprint density at radius 1 is 1.33 bits per heavy atom. The van der Waals surface area contributed by atoms with Crippen LogP contribution in [-0.4, -0.2) is 45.6 Å². The normalized spacial score (nSPS) is 17.9. The van der Waals surface area contributed by atoms with Gasteiger partial charge in [0.2, 0.25) is 5.92 Å². The molecule has 10 heteroatoms. The zero-order valence-electron chi connectivity index (χ0n) is 16.4. The molecular formula is C20H22ClF2N5O2. The third kappa shape index (κ3) is 3.86. The van der Waals surface area contributed by atoms with E-state index in [1.807, 2.05) is 13.0 Å². The molecule has 7 nitrogen and oxygen atoms in total. The second kappa shape index (κ2) is 7.54. The number of fused-ring (bicyclic) bond motifs is 1. The largest absolute Gasteiger partial charge is 0.365 e. The first-order valence-corrected chi connectivity index (χ1v) is 10.1. The van der Waals surface area contributed by atoms with E-state index in [0.29, 0.717) is 29.5 Å². The molecule has 1 aromatic carbocycles.